The fourth-order valence-electron chi connectivity index (χ4n) is 2.40. The summed E-state index contributed by atoms with van der Waals surface area (Å²) in [6.45, 7) is 3.18. The number of aliphatic hydroxyl groups excluding tert-OH is 2. The van der Waals surface area contributed by atoms with Gasteiger partial charge in [-0.05, 0) is 6.07 Å². The number of hydrogen-bond acceptors (Lipinski definition) is 10. The van der Waals surface area contributed by atoms with Gasteiger partial charge >= 0.3 is 13.5 Å². The van der Waals surface area contributed by atoms with Crippen molar-refractivity contribution in [2.75, 3.05) is 38.6 Å². The zero-order valence-electron chi connectivity index (χ0n) is 14.2. The summed E-state index contributed by atoms with van der Waals surface area (Å²) in [6.07, 6.45) is -4.27. The van der Waals surface area contributed by atoms with Crippen molar-refractivity contribution in [2.24, 2.45) is 0 Å². The van der Waals surface area contributed by atoms with E-state index in [4.69, 9.17) is 25.0 Å². The van der Waals surface area contributed by atoms with Crippen LogP contribution in [0.2, 0.25) is 0 Å². The van der Waals surface area contributed by atoms with E-state index in [0.717, 1.165) is 30.9 Å². The van der Waals surface area contributed by atoms with Gasteiger partial charge in [-0.3, -0.25) is 9.09 Å². The molecule has 0 unspecified atom stereocenters. The van der Waals surface area contributed by atoms with E-state index in [-0.39, 0.29) is 5.82 Å². The first-order valence-electron chi connectivity index (χ1n) is 8.04. The van der Waals surface area contributed by atoms with Gasteiger partial charge in [0, 0.05) is 19.3 Å². The number of nitrogens with zero attached hydrogens (tertiary/aromatic N) is 2. The number of phosphoric ester groups is 1. The first-order chi connectivity index (χ1) is 12.7. The molecule has 0 bridgehead atoms. The van der Waals surface area contributed by atoms with Crippen molar-refractivity contribution in [3.05, 3.63) is 22.7 Å². The summed E-state index contributed by atoms with van der Waals surface area (Å²) in [5.74, 6) is -0.0225. The van der Waals surface area contributed by atoms with Crippen molar-refractivity contribution < 1.29 is 38.6 Å². The Morgan fingerprint density at radius 3 is 2.48 bits per heavy atom. The van der Waals surface area contributed by atoms with Gasteiger partial charge in [-0.2, -0.15) is 4.98 Å². The molecule has 154 valence electrons. The number of ether oxygens (including phenoxy) is 2. The lowest BCUT2D eigenvalue weighted by atomic mass is 10.1. The minimum absolute atomic E-state index is 0.0225. The van der Waals surface area contributed by atoms with Crippen LogP contribution < -0.4 is 16.7 Å². The zero-order valence-corrected chi connectivity index (χ0v) is 15.1. The first kappa shape index (κ1) is 21.9. The van der Waals surface area contributed by atoms with Crippen molar-refractivity contribution >= 4 is 13.6 Å². The average Bonchev–Trinajstić information content (AvgIpc) is 2.90. The van der Waals surface area contributed by atoms with Crippen molar-refractivity contribution in [3.63, 3.8) is 0 Å². The zero-order chi connectivity index (χ0) is 20.0. The topological polar surface area (TPSA) is 199 Å². The molecule has 0 aliphatic carbocycles. The lowest BCUT2D eigenvalue weighted by molar-refractivity contribution is -0.0542. The molecule has 0 radical (unpaired) electrons. The number of anilines is 1. The fraction of sp³-hybridized carbons (Fsp3) is 0.692. The lowest BCUT2D eigenvalue weighted by Crippen LogP contribution is -2.36. The number of phosphoric acid groups is 1. The molecule has 2 aliphatic heterocycles. The number of hydrogen-bond donors (Lipinski definition) is 6. The molecule has 27 heavy (non-hydrogen) atoms. The van der Waals surface area contributed by atoms with Crippen LogP contribution in [-0.4, -0.2) is 80.8 Å². The molecule has 1 aromatic rings. The maximum atomic E-state index is 11.6. The monoisotopic (exact) mass is 410 g/mol. The van der Waals surface area contributed by atoms with E-state index in [1.54, 1.807) is 0 Å². The summed E-state index contributed by atoms with van der Waals surface area (Å²) in [5, 5.41) is 22.8. The largest absolute Gasteiger partial charge is 0.469 e. The van der Waals surface area contributed by atoms with Crippen LogP contribution >= 0.6 is 7.82 Å². The summed E-state index contributed by atoms with van der Waals surface area (Å²) >= 11 is 0. The normalized spacial score (nSPS) is 28.4. The molecule has 4 atom stereocenters. The van der Waals surface area contributed by atoms with E-state index in [1.807, 2.05) is 0 Å². The number of morpholine rings is 1. The van der Waals surface area contributed by atoms with Crippen molar-refractivity contribution in [1.82, 2.24) is 14.9 Å². The van der Waals surface area contributed by atoms with Crippen LogP contribution in [0.1, 0.15) is 6.23 Å². The Balaban J connectivity index is 0.000000369. The van der Waals surface area contributed by atoms with Gasteiger partial charge in [-0.15, -0.1) is 0 Å². The Morgan fingerprint density at radius 1 is 1.33 bits per heavy atom. The smallest absolute Gasteiger partial charge is 0.387 e. The molecular formula is C13H23N4O9P. The summed E-state index contributed by atoms with van der Waals surface area (Å²) < 4.78 is 25.9. The van der Waals surface area contributed by atoms with Crippen LogP contribution in [0, 0.1) is 0 Å². The molecule has 0 aromatic carbocycles. The molecule has 2 fully saturated rings. The molecular weight excluding hydrogens is 387 g/mol. The van der Waals surface area contributed by atoms with Crippen molar-refractivity contribution in [1.29, 1.82) is 0 Å². The van der Waals surface area contributed by atoms with Crippen LogP contribution in [0.25, 0.3) is 0 Å². The first-order valence-corrected chi connectivity index (χ1v) is 9.57. The summed E-state index contributed by atoms with van der Waals surface area (Å²) in [6, 6.07) is 1.29. The van der Waals surface area contributed by atoms with Gasteiger partial charge in [0.2, 0.25) is 0 Å². The van der Waals surface area contributed by atoms with E-state index in [0.29, 0.717) is 0 Å². The quantitative estimate of drug-likeness (QED) is 0.278. The Morgan fingerprint density at radius 2 is 2.00 bits per heavy atom. The predicted molar refractivity (Wildman–Crippen MR) is 90.5 cm³/mol. The molecule has 14 heteroatoms. The molecule has 0 spiro atoms. The third-order valence-electron chi connectivity index (χ3n) is 3.72. The number of aromatic nitrogens is 2. The molecule has 13 nitrogen and oxygen atoms in total. The second-order valence-electron chi connectivity index (χ2n) is 5.74. The van der Waals surface area contributed by atoms with Crippen molar-refractivity contribution in [2.45, 2.75) is 24.5 Å². The standard InChI is InChI=1S/C9H14N3O8P.C4H9NO/c10-5-1-2-12(9(15)11-5)8-7(14)6(13)4(20-8)3-19-21(16,17)18;1-3-6-4-2-5-1/h1-2,4,6-8,13-14H,3H2,(H2,10,11,15)(H2,16,17,18);5H,1-4H2/t4-,6-,7-,8-;/m1./s1. The number of rotatable bonds is 4. The number of nitrogens with one attached hydrogen (secondary N) is 1. The Bertz CT molecular complexity index is 696. The Labute approximate surface area is 153 Å². The van der Waals surface area contributed by atoms with Gasteiger partial charge in [0.05, 0.1) is 19.8 Å². The second kappa shape index (κ2) is 9.68. The van der Waals surface area contributed by atoms with Gasteiger partial charge in [0.25, 0.3) is 0 Å². The number of nitrogen functional groups attached to an aromatic ring is 1. The van der Waals surface area contributed by atoms with Crippen molar-refractivity contribution in [3.8, 4) is 0 Å². The van der Waals surface area contributed by atoms with E-state index < -0.39 is 44.7 Å². The highest BCUT2D eigenvalue weighted by atomic mass is 31.2. The number of nitrogens with two attached hydrogens (primary N) is 1. The highest BCUT2D eigenvalue weighted by Gasteiger charge is 2.44. The van der Waals surface area contributed by atoms with Crippen LogP contribution in [0.15, 0.2) is 17.1 Å². The van der Waals surface area contributed by atoms with E-state index in [2.05, 4.69) is 14.8 Å². The van der Waals surface area contributed by atoms with Gasteiger partial charge in [-0.1, -0.05) is 0 Å². The minimum Gasteiger partial charge on any atom is -0.387 e. The maximum absolute atomic E-state index is 11.6. The van der Waals surface area contributed by atoms with Crippen LogP contribution in [0.5, 0.6) is 0 Å². The van der Waals surface area contributed by atoms with Crippen LogP contribution in [0.4, 0.5) is 5.82 Å². The van der Waals surface area contributed by atoms with Gasteiger partial charge in [0.15, 0.2) is 6.23 Å². The van der Waals surface area contributed by atoms with E-state index in [9.17, 15) is 19.6 Å². The van der Waals surface area contributed by atoms with E-state index in [1.165, 1.54) is 12.3 Å². The Kier molecular flexibility index (Phi) is 7.85. The summed E-state index contributed by atoms with van der Waals surface area (Å²) in [5.41, 5.74) is 4.52. The lowest BCUT2D eigenvalue weighted by Gasteiger charge is -2.16. The third kappa shape index (κ3) is 6.60. The maximum Gasteiger partial charge on any atom is 0.469 e. The molecule has 1 aromatic heterocycles. The number of aliphatic hydroxyl groups is 2. The van der Waals surface area contributed by atoms with Gasteiger partial charge in [0.1, 0.15) is 24.1 Å². The molecule has 3 rings (SSSR count). The van der Waals surface area contributed by atoms with Gasteiger partial charge < -0.3 is 40.5 Å². The Hall–Kier alpha value is -1.41. The molecule has 7 N–H and O–H groups in total. The van der Waals surface area contributed by atoms with Gasteiger partial charge in [-0.25, -0.2) is 9.36 Å². The summed E-state index contributed by atoms with van der Waals surface area (Å²) in [4.78, 5) is 32.3. The molecule has 3 heterocycles. The third-order valence-corrected chi connectivity index (χ3v) is 4.20. The second-order valence-corrected chi connectivity index (χ2v) is 6.98. The summed E-state index contributed by atoms with van der Waals surface area (Å²) in [7, 11) is -4.74. The highest BCUT2D eigenvalue weighted by molar-refractivity contribution is 7.46. The fourth-order valence-corrected chi connectivity index (χ4v) is 2.74. The van der Waals surface area contributed by atoms with E-state index >= 15 is 0 Å². The molecule has 2 aliphatic rings. The van der Waals surface area contributed by atoms with Crippen LogP contribution in [0.3, 0.4) is 0 Å². The molecule has 2 saturated heterocycles. The molecule has 0 amide bonds. The SMILES string of the molecule is C1COCCN1.Nc1ccn([C@@H]2O[C@H](COP(=O)(O)O)[C@@H](O)[C@H]2O)c(=O)n1. The average molecular weight is 410 g/mol. The molecule has 0 saturated carbocycles. The predicted octanol–water partition coefficient (Wildman–Crippen LogP) is -2.84. The highest BCUT2D eigenvalue weighted by Crippen LogP contribution is 2.38. The van der Waals surface area contributed by atoms with Crippen LogP contribution in [-0.2, 0) is 18.6 Å². The minimum atomic E-state index is -4.74.